The average molecular weight is 808 g/mol. The van der Waals surface area contributed by atoms with Crippen LogP contribution in [0.3, 0.4) is 0 Å². The molecule has 56 heavy (non-hydrogen) atoms. The van der Waals surface area contributed by atoms with E-state index in [1.807, 2.05) is 32.9 Å². The number of pyridine rings is 2. The number of carbonyl (C=O) groups excluding carboxylic acids is 3. The standard InChI is InChI=1S/C39H61N5O11S/c1-38(2,3)55-37(47)40-15-7-6-8-26-56-30-39(48)29-53-22-18-43(27-31-11-9-13-33(41-31)35(45)49-4)16-20-51-24-25-52-21-17-44(19-23-54-39)28-32-12-10-14-34(42-32)36(46)50-5/h9-14,48H,6-8,15-30H2,1-5H3,(H,40,47). The van der Waals surface area contributed by atoms with Crippen LogP contribution in [0.4, 0.5) is 4.79 Å². The van der Waals surface area contributed by atoms with E-state index in [0.717, 1.165) is 25.0 Å². The fourth-order valence-electron chi connectivity index (χ4n) is 5.44. The van der Waals surface area contributed by atoms with Crippen molar-refractivity contribution in [2.45, 2.75) is 64.5 Å². The molecule has 0 spiro atoms. The van der Waals surface area contributed by atoms with Crippen molar-refractivity contribution < 1.29 is 52.6 Å². The second kappa shape index (κ2) is 25.8. The highest BCUT2D eigenvalue weighted by Crippen LogP contribution is 2.19. The Morgan fingerprint density at radius 2 is 1.32 bits per heavy atom. The van der Waals surface area contributed by atoms with Gasteiger partial charge in [-0.25, -0.2) is 24.4 Å². The summed E-state index contributed by atoms with van der Waals surface area (Å²) in [6, 6.07) is 10.5. The van der Waals surface area contributed by atoms with Gasteiger partial charge in [0.25, 0.3) is 0 Å². The zero-order chi connectivity index (χ0) is 40.7. The van der Waals surface area contributed by atoms with Crippen LogP contribution in [0.15, 0.2) is 36.4 Å². The molecule has 3 heterocycles. The molecule has 0 aromatic carbocycles. The third-order valence-corrected chi connectivity index (χ3v) is 9.50. The SMILES string of the molecule is COC(=O)c1cccc(CN2CCOCCOCCN(Cc3cccc(C(=O)OC)n3)CCOC(O)(CSCCCCCNC(=O)OC(C)(C)C)COCC2)n1. The van der Waals surface area contributed by atoms with E-state index in [2.05, 4.69) is 25.1 Å². The van der Waals surface area contributed by atoms with Gasteiger partial charge in [0, 0.05) is 51.6 Å². The lowest BCUT2D eigenvalue weighted by atomic mass is 10.2. The van der Waals surface area contributed by atoms with Gasteiger partial charge in [0.05, 0.1) is 65.2 Å². The van der Waals surface area contributed by atoms with E-state index in [1.54, 1.807) is 36.0 Å². The highest BCUT2D eigenvalue weighted by atomic mass is 32.2. The second-order valence-corrected chi connectivity index (χ2v) is 15.3. The van der Waals surface area contributed by atoms with Crippen LogP contribution in [-0.2, 0) is 46.2 Å². The van der Waals surface area contributed by atoms with Crippen molar-refractivity contribution in [3.8, 4) is 0 Å². The number of thioether (sulfide) groups is 1. The van der Waals surface area contributed by atoms with Crippen LogP contribution < -0.4 is 5.32 Å². The number of ether oxygens (including phenoxy) is 7. The fourth-order valence-corrected chi connectivity index (χ4v) is 6.47. The minimum Gasteiger partial charge on any atom is -0.464 e. The van der Waals surface area contributed by atoms with E-state index in [4.69, 9.17) is 33.2 Å². The topological polar surface area (TPSA) is 180 Å². The predicted octanol–water partition coefficient (Wildman–Crippen LogP) is 3.55. The normalized spacial score (nSPS) is 19.0. The lowest BCUT2D eigenvalue weighted by molar-refractivity contribution is -0.218. The summed E-state index contributed by atoms with van der Waals surface area (Å²) in [6.45, 7) is 11.1. The number of carbonyl (C=O) groups is 3. The first-order valence-corrected chi connectivity index (χ1v) is 20.2. The summed E-state index contributed by atoms with van der Waals surface area (Å²) < 4.78 is 39.0. The molecule has 1 aliphatic heterocycles. The molecule has 0 aliphatic carbocycles. The molecule has 17 heteroatoms. The summed E-state index contributed by atoms with van der Waals surface area (Å²) in [5.41, 5.74) is 1.31. The average Bonchev–Trinajstić information content (AvgIpc) is 3.16. The lowest BCUT2D eigenvalue weighted by Gasteiger charge is -2.30. The van der Waals surface area contributed by atoms with Crippen molar-refractivity contribution in [3.05, 3.63) is 59.2 Å². The number of aromatic nitrogens is 2. The molecule has 1 unspecified atom stereocenters. The molecule has 3 rings (SSSR count). The molecule has 1 amide bonds. The molecule has 1 saturated heterocycles. The van der Waals surface area contributed by atoms with E-state index < -0.39 is 29.4 Å². The molecular weight excluding hydrogens is 747 g/mol. The highest BCUT2D eigenvalue weighted by Gasteiger charge is 2.29. The molecule has 0 radical (unpaired) electrons. The van der Waals surface area contributed by atoms with E-state index in [-0.39, 0.29) is 30.4 Å². The van der Waals surface area contributed by atoms with Crippen LogP contribution in [0, 0.1) is 0 Å². The Bertz CT molecular complexity index is 1470. The zero-order valence-corrected chi connectivity index (χ0v) is 34.4. The van der Waals surface area contributed by atoms with Gasteiger partial charge < -0.3 is 43.6 Å². The summed E-state index contributed by atoms with van der Waals surface area (Å²) in [6.07, 6.45) is 2.18. The van der Waals surface area contributed by atoms with Crippen LogP contribution in [0.25, 0.3) is 0 Å². The molecule has 1 aliphatic rings. The Hall–Kier alpha value is -3.42. The molecule has 1 fully saturated rings. The van der Waals surface area contributed by atoms with Crippen molar-refractivity contribution in [1.82, 2.24) is 25.1 Å². The highest BCUT2D eigenvalue weighted by molar-refractivity contribution is 7.99. The number of nitrogens with one attached hydrogen (secondary N) is 1. The number of methoxy groups -OCH3 is 2. The van der Waals surface area contributed by atoms with E-state index in [1.165, 1.54) is 14.2 Å². The van der Waals surface area contributed by atoms with Crippen LogP contribution in [0.1, 0.15) is 72.4 Å². The van der Waals surface area contributed by atoms with Crippen LogP contribution >= 0.6 is 11.8 Å². The number of amides is 1. The van der Waals surface area contributed by atoms with Crippen LogP contribution in [0.5, 0.6) is 0 Å². The number of unbranched alkanes of at least 4 members (excludes halogenated alkanes) is 2. The zero-order valence-electron chi connectivity index (χ0n) is 33.6. The van der Waals surface area contributed by atoms with Gasteiger partial charge in [-0.2, -0.15) is 11.8 Å². The van der Waals surface area contributed by atoms with E-state index in [9.17, 15) is 19.5 Å². The van der Waals surface area contributed by atoms with Crippen LogP contribution in [-0.4, -0.2) is 159 Å². The first kappa shape index (κ1) is 47.0. The van der Waals surface area contributed by atoms with Crippen LogP contribution in [0.2, 0.25) is 0 Å². The predicted molar refractivity (Wildman–Crippen MR) is 210 cm³/mol. The van der Waals surface area contributed by atoms with Crippen molar-refractivity contribution in [3.63, 3.8) is 0 Å². The Labute approximate surface area is 335 Å². The summed E-state index contributed by atoms with van der Waals surface area (Å²) in [5.74, 6) is -1.50. The van der Waals surface area contributed by atoms with Crippen molar-refractivity contribution in [1.29, 1.82) is 0 Å². The number of nitrogens with zero attached hydrogens (tertiary/aromatic N) is 4. The van der Waals surface area contributed by atoms with Gasteiger partial charge in [-0.15, -0.1) is 0 Å². The summed E-state index contributed by atoms with van der Waals surface area (Å²) in [4.78, 5) is 49.2. The maximum atomic E-state index is 12.1. The Morgan fingerprint density at radius 1 is 0.786 bits per heavy atom. The van der Waals surface area contributed by atoms with Gasteiger partial charge in [0.1, 0.15) is 23.6 Å². The number of hydrogen-bond donors (Lipinski definition) is 2. The number of esters is 2. The summed E-state index contributed by atoms with van der Waals surface area (Å²) in [7, 11) is 2.64. The number of hydrogen-bond acceptors (Lipinski definition) is 16. The number of aliphatic hydroxyl groups is 1. The maximum Gasteiger partial charge on any atom is 0.407 e. The Balaban J connectivity index is 1.62. The van der Waals surface area contributed by atoms with Gasteiger partial charge in [-0.1, -0.05) is 18.6 Å². The third kappa shape index (κ3) is 19.6. The maximum absolute atomic E-state index is 12.1. The molecular formula is C39H61N5O11S. The minimum atomic E-state index is -1.57. The third-order valence-electron chi connectivity index (χ3n) is 8.27. The molecule has 314 valence electrons. The van der Waals surface area contributed by atoms with Gasteiger partial charge in [-0.05, 0) is 63.6 Å². The second-order valence-electron chi connectivity index (χ2n) is 14.2. The van der Waals surface area contributed by atoms with E-state index in [0.29, 0.717) is 90.2 Å². The lowest BCUT2D eigenvalue weighted by Crippen LogP contribution is -2.44. The van der Waals surface area contributed by atoms with Gasteiger partial charge in [-0.3, -0.25) is 9.80 Å². The first-order valence-electron chi connectivity index (χ1n) is 19.1. The quantitative estimate of drug-likeness (QED) is 0.161. The van der Waals surface area contributed by atoms with Gasteiger partial charge >= 0.3 is 18.0 Å². The number of rotatable bonds is 14. The van der Waals surface area contributed by atoms with Gasteiger partial charge in [0.2, 0.25) is 0 Å². The molecule has 0 saturated carbocycles. The Kier molecular flexibility index (Phi) is 21.6. The summed E-state index contributed by atoms with van der Waals surface area (Å²) >= 11 is 1.58. The molecule has 16 nitrogen and oxygen atoms in total. The molecule has 2 aromatic rings. The van der Waals surface area contributed by atoms with Crippen molar-refractivity contribution >= 4 is 29.8 Å². The minimum absolute atomic E-state index is 0.0495. The smallest absolute Gasteiger partial charge is 0.407 e. The molecule has 2 aromatic heterocycles. The van der Waals surface area contributed by atoms with Crippen molar-refractivity contribution in [2.75, 3.05) is 105 Å². The summed E-state index contributed by atoms with van der Waals surface area (Å²) in [5, 5.41) is 14.5. The van der Waals surface area contributed by atoms with E-state index >= 15 is 0 Å². The largest absolute Gasteiger partial charge is 0.464 e. The van der Waals surface area contributed by atoms with Crippen molar-refractivity contribution in [2.24, 2.45) is 0 Å². The molecule has 0 bridgehead atoms. The molecule has 1 atom stereocenters. The molecule has 2 N–H and O–H groups in total. The first-order chi connectivity index (χ1) is 26.9. The Morgan fingerprint density at radius 3 is 1.86 bits per heavy atom. The van der Waals surface area contributed by atoms with Gasteiger partial charge in [0.15, 0.2) is 5.79 Å². The fraction of sp³-hybridized carbons (Fsp3) is 0.667. The monoisotopic (exact) mass is 807 g/mol. The number of alkyl carbamates (subject to hydrolysis) is 1.